The number of phosphoric acid groups is 1. The molecule has 27 heavy (non-hydrogen) atoms. The first-order valence-corrected chi connectivity index (χ1v) is 9.06. The van der Waals surface area contributed by atoms with Crippen LogP contribution in [0.4, 0.5) is 5.95 Å². The number of aromatic nitrogens is 4. The van der Waals surface area contributed by atoms with Crippen LogP contribution in [-0.4, -0.2) is 70.3 Å². The molecule has 0 bridgehead atoms. The lowest BCUT2D eigenvalue weighted by molar-refractivity contribution is -0.114. The van der Waals surface area contributed by atoms with Crippen LogP contribution in [0.5, 0.6) is 0 Å². The first-order valence-electron chi connectivity index (χ1n) is 7.53. The van der Waals surface area contributed by atoms with Gasteiger partial charge in [-0.3, -0.25) is 29.0 Å². The van der Waals surface area contributed by atoms with Crippen LogP contribution in [0.3, 0.4) is 0 Å². The Bertz CT molecular complexity index is 968. The molecule has 148 valence electrons. The molecule has 3 rings (SSSR count). The Balaban J connectivity index is 2.01. The standard InChI is InChI=1S/C12H16N5O9P/c1-4(19)14-12-15-9-6(10(21)16-12)13-3-17(9)11-7(20)8(5(2-18)25-11)26-27(22,23)24/h3,5,7-8,11,18,20H,2H2,1H3,(H2,22,23,24)(H2,14,15,16,19,21)/t5-,7+,8?,11-/m1/s1. The fourth-order valence-electron chi connectivity index (χ4n) is 2.72. The zero-order valence-electron chi connectivity index (χ0n) is 13.7. The summed E-state index contributed by atoms with van der Waals surface area (Å²) >= 11 is 0. The molecule has 1 amide bonds. The SMILES string of the molecule is CC(=O)Nc1nc2c(ncn2[C@@H]2O[C@H](CO)C(OP(=O)(O)O)[C@@H]2O)c(=O)[nH]1. The molecule has 0 aromatic carbocycles. The average Bonchev–Trinajstić information content (AvgIpc) is 3.08. The van der Waals surface area contributed by atoms with E-state index in [1.807, 2.05) is 0 Å². The minimum absolute atomic E-state index is 0.0694. The van der Waals surface area contributed by atoms with Crippen molar-refractivity contribution in [3.05, 3.63) is 16.7 Å². The minimum atomic E-state index is -4.98. The number of anilines is 1. The van der Waals surface area contributed by atoms with Crippen molar-refractivity contribution in [1.29, 1.82) is 0 Å². The van der Waals surface area contributed by atoms with Gasteiger partial charge in [-0.05, 0) is 0 Å². The number of rotatable bonds is 5. The molecule has 0 aliphatic carbocycles. The molecule has 1 saturated heterocycles. The largest absolute Gasteiger partial charge is 0.470 e. The lowest BCUT2D eigenvalue weighted by Crippen LogP contribution is -2.35. The third-order valence-electron chi connectivity index (χ3n) is 3.75. The van der Waals surface area contributed by atoms with Crippen LogP contribution >= 0.6 is 7.82 Å². The van der Waals surface area contributed by atoms with E-state index < -0.39 is 50.4 Å². The van der Waals surface area contributed by atoms with Crippen molar-refractivity contribution in [2.75, 3.05) is 11.9 Å². The Morgan fingerprint density at radius 1 is 1.52 bits per heavy atom. The normalized spacial score (nSPS) is 25.8. The van der Waals surface area contributed by atoms with E-state index in [1.165, 1.54) is 6.92 Å². The van der Waals surface area contributed by atoms with Crippen molar-refractivity contribution in [2.24, 2.45) is 0 Å². The summed E-state index contributed by atoms with van der Waals surface area (Å²) in [4.78, 5) is 51.4. The number of phosphoric ester groups is 1. The zero-order valence-corrected chi connectivity index (χ0v) is 14.6. The smallest absolute Gasteiger partial charge is 0.394 e. The third kappa shape index (κ3) is 3.91. The molecule has 0 saturated carbocycles. The number of hydrogen-bond donors (Lipinski definition) is 6. The third-order valence-corrected chi connectivity index (χ3v) is 4.27. The molecular weight excluding hydrogens is 389 g/mol. The van der Waals surface area contributed by atoms with Gasteiger partial charge in [0.2, 0.25) is 11.9 Å². The number of H-pyrrole nitrogens is 1. The summed E-state index contributed by atoms with van der Waals surface area (Å²) in [6.07, 6.45) is -4.63. The van der Waals surface area contributed by atoms with E-state index in [0.717, 1.165) is 10.9 Å². The van der Waals surface area contributed by atoms with Crippen LogP contribution in [0.25, 0.3) is 11.2 Å². The van der Waals surface area contributed by atoms with E-state index in [9.17, 15) is 24.4 Å². The van der Waals surface area contributed by atoms with Crippen LogP contribution in [0, 0.1) is 0 Å². The van der Waals surface area contributed by atoms with E-state index in [-0.39, 0.29) is 17.1 Å². The molecule has 6 N–H and O–H groups in total. The van der Waals surface area contributed by atoms with Gasteiger partial charge in [0.15, 0.2) is 17.4 Å². The number of carbonyl (C=O) groups is 1. The fourth-order valence-corrected chi connectivity index (χ4v) is 3.30. The predicted molar refractivity (Wildman–Crippen MR) is 86.4 cm³/mol. The number of hydrogen-bond acceptors (Lipinski definition) is 9. The number of aliphatic hydroxyl groups excluding tert-OH is 2. The first kappa shape index (κ1) is 19.6. The number of ether oxygens (including phenoxy) is 1. The van der Waals surface area contributed by atoms with Gasteiger partial charge in [-0.15, -0.1) is 0 Å². The highest BCUT2D eigenvalue weighted by Gasteiger charge is 2.48. The van der Waals surface area contributed by atoms with Crippen LogP contribution in [-0.2, 0) is 18.6 Å². The molecule has 14 nitrogen and oxygen atoms in total. The van der Waals surface area contributed by atoms with Gasteiger partial charge in [0, 0.05) is 6.92 Å². The number of amides is 1. The van der Waals surface area contributed by atoms with Gasteiger partial charge in [-0.2, -0.15) is 4.98 Å². The predicted octanol–water partition coefficient (Wildman–Crippen LogP) is -2.19. The van der Waals surface area contributed by atoms with E-state index in [4.69, 9.17) is 14.5 Å². The monoisotopic (exact) mass is 405 g/mol. The molecule has 1 aliphatic rings. The number of carbonyl (C=O) groups excluding carboxylic acids is 1. The van der Waals surface area contributed by atoms with Crippen LogP contribution < -0.4 is 10.9 Å². The second kappa shape index (κ2) is 7.09. The average molecular weight is 405 g/mol. The minimum Gasteiger partial charge on any atom is -0.394 e. The Hall–Kier alpha value is -2.19. The maximum atomic E-state index is 12.1. The molecule has 1 aliphatic heterocycles. The molecule has 2 aromatic rings. The molecular formula is C12H16N5O9P. The Kier molecular flexibility index (Phi) is 5.14. The van der Waals surface area contributed by atoms with Crippen molar-refractivity contribution < 1.29 is 38.6 Å². The van der Waals surface area contributed by atoms with E-state index in [2.05, 4.69) is 24.8 Å². The molecule has 4 atom stereocenters. The highest BCUT2D eigenvalue weighted by atomic mass is 31.2. The van der Waals surface area contributed by atoms with Crippen molar-refractivity contribution >= 4 is 30.8 Å². The fraction of sp³-hybridized carbons (Fsp3) is 0.500. The van der Waals surface area contributed by atoms with Crippen molar-refractivity contribution in [3.8, 4) is 0 Å². The van der Waals surface area contributed by atoms with Crippen molar-refractivity contribution in [3.63, 3.8) is 0 Å². The van der Waals surface area contributed by atoms with Gasteiger partial charge >= 0.3 is 7.82 Å². The van der Waals surface area contributed by atoms with Crippen LogP contribution in [0.2, 0.25) is 0 Å². The Labute approximate surface area is 150 Å². The lowest BCUT2D eigenvalue weighted by atomic mass is 10.1. The van der Waals surface area contributed by atoms with Gasteiger partial charge in [-0.25, -0.2) is 9.55 Å². The Morgan fingerprint density at radius 2 is 2.22 bits per heavy atom. The molecule has 2 aromatic heterocycles. The van der Waals surface area contributed by atoms with Gasteiger partial charge in [0.25, 0.3) is 5.56 Å². The summed E-state index contributed by atoms with van der Waals surface area (Å²) in [6, 6.07) is 0. The molecule has 1 unspecified atom stereocenters. The van der Waals surface area contributed by atoms with Gasteiger partial charge in [0.05, 0.1) is 12.9 Å². The number of imidazole rings is 1. The quantitative estimate of drug-likeness (QED) is 0.294. The van der Waals surface area contributed by atoms with Crippen molar-refractivity contribution in [1.82, 2.24) is 19.5 Å². The van der Waals surface area contributed by atoms with Gasteiger partial charge in [0.1, 0.15) is 18.3 Å². The van der Waals surface area contributed by atoms with Crippen molar-refractivity contribution in [2.45, 2.75) is 31.5 Å². The summed E-state index contributed by atoms with van der Waals surface area (Å²) in [5.74, 6) is -0.660. The number of aromatic amines is 1. The van der Waals surface area contributed by atoms with E-state index >= 15 is 0 Å². The van der Waals surface area contributed by atoms with Gasteiger partial charge in [-0.1, -0.05) is 0 Å². The number of nitrogens with one attached hydrogen (secondary N) is 2. The maximum absolute atomic E-state index is 12.1. The summed E-state index contributed by atoms with van der Waals surface area (Å²) < 4.78 is 22.1. The number of aliphatic hydroxyl groups is 2. The zero-order chi connectivity index (χ0) is 19.9. The Morgan fingerprint density at radius 3 is 2.81 bits per heavy atom. The number of nitrogens with zero attached hydrogens (tertiary/aromatic N) is 3. The summed E-state index contributed by atoms with van der Waals surface area (Å²) in [5.41, 5.74) is -0.864. The summed E-state index contributed by atoms with van der Waals surface area (Å²) in [5, 5.41) is 22.0. The molecule has 1 fully saturated rings. The summed E-state index contributed by atoms with van der Waals surface area (Å²) in [7, 11) is -4.98. The van der Waals surface area contributed by atoms with Crippen LogP contribution in [0.15, 0.2) is 11.1 Å². The topological polar surface area (TPSA) is 209 Å². The lowest BCUT2D eigenvalue weighted by Gasteiger charge is -2.20. The summed E-state index contributed by atoms with van der Waals surface area (Å²) in [6.45, 7) is 0.511. The molecule has 15 heteroatoms. The second-order valence-electron chi connectivity index (χ2n) is 5.72. The highest BCUT2D eigenvalue weighted by Crippen LogP contribution is 2.44. The van der Waals surface area contributed by atoms with Gasteiger partial charge < -0.3 is 24.7 Å². The maximum Gasteiger partial charge on any atom is 0.470 e. The van der Waals surface area contributed by atoms with Crippen LogP contribution in [0.1, 0.15) is 13.2 Å². The molecule has 0 spiro atoms. The highest BCUT2D eigenvalue weighted by molar-refractivity contribution is 7.46. The van der Waals surface area contributed by atoms with E-state index in [0.29, 0.717) is 0 Å². The number of fused-ring (bicyclic) bond motifs is 1. The first-order chi connectivity index (χ1) is 12.6. The van der Waals surface area contributed by atoms with E-state index in [1.54, 1.807) is 0 Å². The second-order valence-corrected chi connectivity index (χ2v) is 6.91. The molecule has 3 heterocycles. The molecule has 0 radical (unpaired) electrons.